The van der Waals surface area contributed by atoms with Crippen molar-refractivity contribution in [2.24, 2.45) is 4.99 Å². The Morgan fingerprint density at radius 3 is 2.84 bits per heavy atom. The van der Waals surface area contributed by atoms with Crippen LogP contribution in [0, 0.1) is 0 Å². The molecule has 0 spiro atoms. The van der Waals surface area contributed by atoms with Gasteiger partial charge in [0.05, 0.1) is 23.3 Å². The second-order valence-electron chi connectivity index (χ2n) is 5.05. The number of carbonyl (C=O) groups excluding carboxylic acids is 2. The first-order chi connectivity index (χ1) is 12.0. The monoisotopic (exact) mass is 420 g/mol. The Balaban J connectivity index is 1.88. The maximum Gasteiger partial charge on any atom is 0.337 e. The summed E-state index contributed by atoms with van der Waals surface area (Å²) in [6.07, 6.45) is 1.67. The number of methoxy groups -OCH3 is 1. The third-order valence-electron chi connectivity index (χ3n) is 3.36. The van der Waals surface area contributed by atoms with Crippen LogP contribution in [0.5, 0.6) is 0 Å². The van der Waals surface area contributed by atoms with Crippen LogP contribution in [0.2, 0.25) is 0 Å². The molecule has 3 rings (SSSR count). The van der Waals surface area contributed by atoms with Gasteiger partial charge in [-0.25, -0.2) is 9.79 Å². The molecule has 1 fully saturated rings. The maximum atomic E-state index is 12.4. The minimum atomic E-state index is -0.436. The van der Waals surface area contributed by atoms with Gasteiger partial charge in [-0.05, 0) is 58.0 Å². The number of amides is 1. The van der Waals surface area contributed by atoms with Crippen molar-refractivity contribution in [1.29, 1.82) is 0 Å². The van der Waals surface area contributed by atoms with Gasteiger partial charge in [-0.2, -0.15) is 0 Å². The summed E-state index contributed by atoms with van der Waals surface area (Å²) in [4.78, 5) is 30.4. The highest BCUT2D eigenvalue weighted by Gasteiger charge is 2.30. The predicted octanol–water partition coefficient (Wildman–Crippen LogP) is 4.06. The van der Waals surface area contributed by atoms with E-state index in [4.69, 9.17) is 9.15 Å². The molecule has 0 atom stereocenters. The number of nitrogens with zero attached hydrogens (tertiary/aromatic N) is 2. The first kappa shape index (κ1) is 17.5. The van der Waals surface area contributed by atoms with Gasteiger partial charge in [-0.15, -0.1) is 0 Å². The van der Waals surface area contributed by atoms with E-state index in [2.05, 4.69) is 20.9 Å². The van der Waals surface area contributed by atoms with Crippen molar-refractivity contribution in [3.8, 4) is 0 Å². The Labute approximate surface area is 156 Å². The van der Waals surface area contributed by atoms with Crippen LogP contribution in [-0.2, 0) is 9.53 Å². The summed E-state index contributed by atoms with van der Waals surface area (Å²) < 4.78 is 10.7. The molecule has 1 aliphatic heterocycles. The third kappa shape index (κ3) is 3.85. The van der Waals surface area contributed by atoms with Crippen molar-refractivity contribution in [3.63, 3.8) is 0 Å². The highest BCUT2D eigenvalue weighted by Crippen LogP contribution is 2.33. The van der Waals surface area contributed by atoms with Gasteiger partial charge in [0.15, 0.2) is 9.84 Å². The standard InChI is InChI=1S/C17H13BrN2O4S/c1-20-15(21)13(9-12-6-7-14(18)24-12)25-17(20)19-11-5-3-4-10(8-11)16(22)23-2/h3-9H,1-2H3. The number of amidine groups is 1. The number of furan rings is 1. The first-order valence-corrected chi connectivity index (χ1v) is 8.79. The van der Waals surface area contributed by atoms with Crippen molar-refractivity contribution in [1.82, 2.24) is 4.90 Å². The number of carbonyl (C=O) groups is 2. The lowest BCUT2D eigenvalue weighted by Crippen LogP contribution is -2.23. The van der Waals surface area contributed by atoms with Gasteiger partial charge in [0, 0.05) is 13.1 Å². The van der Waals surface area contributed by atoms with Crippen molar-refractivity contribution < 1.29 is 18.7 Å². The molecular formula is C17H13BrN2O4S. The number of esters is 1. The number of benzene rings is 1. The van der Waals surface area contributed by atoms with E-state index >= 15 is 0 Å². The zero-order valence-electron chi connectivity index (χ0n) is 13.4. The fraction of sp³-hybridized carbons (Fsp3) is 0.118. The van der Waals surface area contributed by atoms with Crippen LogP contribution in [0.15, 0.2) is 55.4 Å². The summed E-state index contributed by atoms with van der Waals surface area (Å²) in [5, 5.41) is 0.517. The van der Waals surface area contributed by atoms with Crippen molar-refractivity contribution in [3.05, 3.63) is 57.3 Å². The molecule has 6 nitrogen and oxygen atoms in total. The summed E-state index contributed by atoms with van der Waals surface area (Å²) in [6.45, 7) is 0. The van der Waals surface area contributed by atoms with Gasteiger partial charge in [-0.1, -0.05) is 6.07 Å². The molecule has 2 heterocycles. The van der Waals surface area contributed by atoms with E-state index in [-0.39, 0.29) is 5.91 Å². The van der Waals surface area contributed by atoms with Crippen LogP contribution in [0.25, 0.3) is 6.08 Å². The van der Waals surface area contributed by atoms with E-state index in [0.29, 0.717) is 31.8 Å². The number of ether oxygens (including phenoxy) is 1. The topological polar surface area (TPSA) is 72.1 Å². The van der Waals surface area contributed by atoms with E-state index < -0.39 is 5.97 Å². The van der Waals surface area contributed by atoms with E-state index in [1.165, 1.54) is 23.8 Å². The van der Waals surface area contributed by atoms with Crippen LogP contribution in [0.4, 0.5) is 5.69 Å². The van der Waals surface area contributed by atoms with E-state index in [1.807, 2.05) is 0 Å². The van der Waals surface area contributed by atoms with Gasteiger partial charge in [0.25, 0.3) is 5.91 Å². The highest BCUT2D eigenvalue weighted by molar-refractivity contribution is 9.10. The second kappa shape index (κ2) is 7.28. The Hall–Kier alpha value is -2.32. The summed E-state index contributed by atoms with van der Waals surface area (Å²) in [6, 6.07) is 10.2. The van der Waals surface area contributed by atoms with Crippen LogP contribution in [0.1, 0.15) is 16.1 Å². The number of rotatable bonds is 3. The van der Waals surface area contributed by atoms with Gasteiger partial charge in [0.1, 0.15) is 5.76 Å². The molecule has 0 aliphatic carbocycles. The average Bonchev–Trinajstić information content (AvgIpc) is 3.13. The summed E-state index contributed by atoms with van der Waals surface area (Å²) in [5.74, 6) is -0.0278. The van der Waals surface area contributed by atoms with Gasteiger partial charge in [-0.3, -0.25) is 9.69 Å². The number of aliphatic imine (C=N–C) groups is 1. The fourth-order valence-electron chi connectivity index (χ4n) is 2.12. The Morgan fingerprint density at radius 1 is 1.36 bits per heavy atom. The van der Waals surface area contributed by atoms with Crippen LogP contribution in [-0.4, -0.2) is 36.1 Å². The molecule has 1 aromatic heterocycles. The normalized spacial score (nSPS) is 17.6. The Bertz CT molecular complexity index is 904. The van der Waals surface area contributed by atoms with Crippen molar-refractivity contribution in [2.75, 3.05) is 14.2 Å². The Morgan fingerprint density at radius 2 is 2.16 bits per heavy atom. The number of hydrogen-bond acceptors (Lipinski definition) is 6. The molecule has 1 saturated heterocycles. The second-order valence-corrected chi connectivity index (χ2v) is 6.84. The van der Waals surface area contributed by atoms with Gasteiger partial charge >= 0.3 is 5.97 Å². The highest BCUT2D eigenvalue weighted by atomic mass is 79.9. The first-order valence-electron chi connectivity index (χ1n) is 7.18. The smallest absolute Gasteiger partial charge is 0.337 e. The molecule has 0 bridgehead atoms. The summed E-state index contributed by atoms with van der Waals surface area (Å²) >= 11 is 4.47. The number of halogens is 1. The zero-order chi connectivity index (χ0) is 18.0. The SMILES string of the molecule is COC(=O)c1cccc(N=C2SC(=Cc3ccc(Br)o3)C(=O)N2C)c1. The Kier molecular flexibility index (Phi) is 5.10. The van der Waals surface area contributed by atoms with Crippen LogP contribution < -0.4 is 0 Å². The fourth-order valence-corrected chi connectivity index (χ4v) is 3.40. The molecule has 0 unspecified atom stereocenters. The van der Waals surface area contributed by atoms with Crippen LogP contribution >= 0.6 is 27.7 Å². The molecule has 2 aromatic rings. The van der Waals surface area contributed by atoms with Gasteiger partial charge < -0.3 is 9.15 Å². The minimum Gasteiger partial charge on any atom is -0.465 e. The molecule has 0 saturated carbocycles. The van der Waals surface area contributed by atoms with E-state index in [0.717, 1.165) is 0 Å². The lowest BCUT2D eigenvalue weighted by atomic mass is 10.2. The zero-order valence-corrected chi connectivity index (χ0v) is 15.8. The maximum absolute atomic E-state index is 12.4. The molecular weight excluding hydrogens is 408 g/mol. The minimum absolute atomic E-state index is 0.166. The molecule has 1 aromatic carbocycles. The quantitative estimate of drug-likeness (QED) is 0.552. The summed E-state index contributed by atoms with van der Waals surface area (Å²) in [7, 11) is 2.97. The predicted molar refractivity (Wildman–Crippen MR) is 99.6 cm³/mol. The van der Waals surface area contributed by atoms with E-state index in [9.17, 15) is 9.59 Å². The molecule has 0 radical (unpaired) electrons. The largest absolute Gasteiger partial charge is 0.465 e. The lowest BCUT2D eigenvalue weighted by Gasteiger charge is -2.07. The molecule has 1 amide bonds. The number of likely N-dealkylation sites (N-methyl/N-ethyl adjacent to an activating group) is 1. The molecule has 0 N–H and O–H groups in total. The van der Waals surface area contributed by atoms with Crippen molar-refractivity contribution in [2.45, 2.75) is 0 Å². The molecule has 25 heavy (non-hydrogen) atoms. The number of thioether (sulfide) groups is 1. The lowest BCUT2D eigenvalue weighted by molar-refractivity contribution is -0.121. The van der Waals surface area contributed by atoms with Crippen molar-refractivity contribution >= 4 is 56.5 Å². The molecule has 1 aliphatic rings. The third-order valence-corrected chi connectivity index (χ3v) is 4.85. The summed E-state index contributed by atoms with van der Waals surface area (Å²) in [5.41, 5.74) is 0.963. The van der Waals surface area contributed by atoms with Crippen LogP contribution in [0.3, 0.4) is 0 Å². The van der Waals surface area contributed by atoms with E-state index in [1.54, 1.807) is 49.5 Å². The number of hydrogen-bond donors (Lipinski definition) is 0. The molecule has 8 heteroatoms. The molecule has 128 valence electrons. The average molecular weight is 421 g/mol. The van der Waals surface area contributed by atoms with Gasteiger partial charge in [0.2, 0.25) is 0 Å².